The lowest BCUT2D eigenvalue weighted by molar-refractivity contribution is 0.240. The van der Waals surface area contributed by atoms with Gasteiger partial charge in [-0.25, -0.2) is 31.7 Å². The maximum Gasteiger partial charge on any atom is 0.329 e. The van der Waals surface area contributed by atoms with E-state index in [2.05, 4.69) is 15.0 Å². The first-order valence-electron chi connectivity index (χ1n) is 12.3. The standard InChI is InChI=1S/C28H26F2N4O4S/c1-18-4-2-3-5-26(18)39(36,37)33-28(35)32-24(8-6-19-14-21(29)17-22(30)15-19)27-31-11-12-34(27)23-7-9-25-20(16-23)10-13-38-25/h2-5,7,9,11-12,14-17,24H,6,8,10,13H2,1H3,(H2,32,33,35)/t24-/m0/s1. The van der Waals surface area contributed by atoms with E-state index in [9.17, 15) is 22.0 Å². The van der Waals surface area contributed by atoms with Gasteiger partial charge in [0, 0.05) is 30.6 Å². The largest absolute Gasteiger partial charge is 0.493 e. The van der Waals surface area contributed by atoms with Crippen LogP contribution in [0.3, 0.4) is 0 Å². The van der Waals surface area contributed by atoms with Crippen LogP contribution in [0.25, 0.3) is 5.69 Å². The quantitative estimate of drug-likeness (QED) is 0.328. The van der Waals surface area contributed by atoms with E-state index in [4.69, 9.17) is 4.74 Å². The highest BCUT2D eigenvalue weighted by Crippen LogP contribution is 2.29. The van der Waals surface area contributed by atoms with Crippen molar-refractivity contribution in [1.29, 1.82) is 0 Å². The van der Waals surface area contributed by atoms with E-state index in [0.717, 1.165) is 29.5 Å². The molecule has 4 aromatic rings. The Morgan fingerprint density at radius 1 is 1.10 bits per heavy atom. The van der Waals surface area contributed by atoms with Crippen molar-refractivity contribution in [3.8, 4) is 11.4 Å². The molecule has 2 amide bonds. The lowest BCUT2D eigenvalue weighted by atomic mass is 10.0. The number of fused-ring (bicyclic) bond motifs is 1. The van der Waals surface area contributed by atoms with Crippen molar-refractivity contribution in [3.05, 3.63) is 107 Å². The Bertz CT molecular complexity index is 1620. The summed E-state index contributed by atoms with van der Waals surface area (Å²) in [7, 11) is -4.15. The van der Waals surface area contributed by atoms with Crippen molar-refractivity contribution < 1.29 is 26.7 Å². The topological polar surface area (TPSA) is 102 Å². The minimum absolute atomic E-state index is 0.0196. The van der Waals surface area contributed by atoms with Gasteiger partial charge in [-0.1, -0.05) is 18.2 Å². The number of nitrogens with one attached hydrogen (secondary N) is 2. The minimum Gasteiger partial charge on any atom is -0.493 e. The van der Waals surface area contributed by atoms with Crippen LogP contribution >= 0.6 is 0 Å². The van der Waals surface area contributed by atoms with Gasteiger partial charge in [0.05, 0.1) is 17.5 Å². The van der Waals surface area contributed by atoms with Crippen LogP contribution in [0.15, 0.2) is 78.0 Å². The van der Waals surface area contributed by atoms with Crippen LogP contribution in [-0.2, 0) is 22.9 Å². The number of hydrogen-bond acceptors (Lipinski definition) is 5. The van der Waals surface area contributed by atoms with Gasteiger partial charge >= 0.3 is 6.03 Å². The highest BCUT2D eigenvalue weighted by atomic mass is 32.2. The molecule has 8 nitrogen and oxygen atoms in total. The first kappa shape index (κ1) is 26.4. The molecule has 39 heavy (non-hydrogen) atoms. The number of aromatic nitrogens is 2. The zero-order valence-electron chi connectivity index (χ0n) is 21.0. The number of ether oxygens (including phenoxy) is 1. The fraction of sp³-hybridized carbons (Fsp3) is 0.214. The first-order chi connectivity index (χ1) is 18.7. The number of halogens is 2. The number of benzene rings is 3. The first-order valence-corrected chi connectivity index (χ1v) is 13.8. The Kier molecular flexibility index (Phi) is 7.34. The van der Waals surface area contributed by atoms with Crippen LogP contribution in [0.2, 0.25) is 0 Å². The molecule has 2 N–H and O–H groups in total. The van der Waals surface area contributed by atoms with Gasteiger partial charge in [-0.3, -0.25) is 0 Å². The summed E-state index contributed by atoms with van der Waals surface area (Å²) in [6.07, 6.45) is 4.43. The van der Waals surface area contributed by atoms with E-state index in [0.29, 0.717) is 23.6 Å². The Morgan fingerprint density at radius 2 is 1.87 bits per heavy atom. The van der Waals surface area contributed by atoms with E-state index in [-0.39, 0.29) is 17.7 Å². The van der Waals surface area contributed by atoms with Gasteiger partial charge < -0.3 is 14.6 Å². The normalized spacial score (nSPS) is 13.4. The summed E-state index contributed by atoms with van der Waals surface area (Å²) in [6.45, 7) is 2.23. The van der Waals surface area contributed by atoms with Crippen molar-refractivity contribution in [2.24, 2.45) is 0 Å². The maximum atomic E-state index is 13.8. The molecular weight excluding hydrogens is 526 g/mol. The number of carbonyl (C=O) groups is 1. The Hall–Kier alpha value is -4.25. The van der Waals surface area contributed by atoms with Crippen molar-refractivity contribution in [1.82, 2.24) is 19.6 Å². The molecule has 5 rings (SSSR count). The number of urea groups is 1. The molecule has 1 atom stereocenters. The third-order valence-corrected chi connectivity index (χ3v) is 7.98. The fourth-order valence-electron chi connectivity index (χ4n) is 4.67. The molecule has 0 spiro atoms. The molecule has 1 aliphatic rings. The van der Waals surface area contributed by atoms with Gasteiger partial charge in [0.25, 0.3) is 10.0 Å². The second-order valence-corrected chi connectivity index (χ2v) is 10.9. The van der Waals surface area contributed by atoms with Gasteiger partial charge in [-0.05, 0) is 72.9 Å². The molecule has 0 aliphatic carbocycles. The molecule has 1 aromatic heterocycles. The molecule has 1 aliphatic heterocycles. The van der Waals surface area contributed by atoms with E-state index in [1.807, 2.05) is 18.2 Å². The van der Waals surface area contributed by atoms with Gasteiger partial charge in [-0.15, -0.1) is 0 Å². The Balaban J connectivity index is 1.43. The smallest absolute Gasteiger partial charge is 0.329 e. The van der Waals surface area contributed by atoms with Gasteiger partial charge in [0.15, 0.2) is 0 Å². The number of carbonyl (C=O) groups excluding carboxylic acids is 1. The molecule has 3 aromatic carbocycles. The number of imidazole rings is 1. The minimum atomic E-state index is -4.15. The predicted octanol–water partition coefficient (Wildman–Crippen LogP) is 4.76. The third-order valence-electron chi connectivity index (χ3n) is 6.49. The molecule has 11 heteroatoms. The van der Waals surface area contributed by atoms with E-state index in [1.54, 1.807) is 42.1 Å². The van der Waals surface area contributed by atoms with Crippen LogP contribution in [0.1, 0.15) is 35.0 Å². The number of nitrogens with zero attached hydrogens (tertiary/aromatic N) is 2. The highest BCUT2D eigenvalue weighted by molar-refractivity contribution is 7.90. The van der Waals surface area contributed by atoms with Gasteiger partial charge in [0.1, 0.15) is 23.2 Å². The monoisotopic (exact) mass is 552 g/mol. The molecule has 0 bridgehead atoms. The molecule has 2 heterocycles. The lowest BCUT2D eigenvalue weighted by Gasteiger charge is -2.21. The van der Waals surface area contributed by atoms with Crippen LogP contribution in [0.4, 0.5) is 13.6 Å². The van der Waals surface area contributed by atoms with Crippen molar-refractivity contribution >= 4 is 16.1 Å². The number of hydrogen-bond donors (Lipinski definition) is 2. The van der Waals surface area contributed by atoms with E-state index >= 15 is 0 Å². The average molecular weight is 553 g/mol. The summed E-state index contributed by atoms with van der Waals surface area (Å²) in [6, 6.07) is 13.5. The SMILES string of the molecule is Cc1ccccc1S(=O)(=O)NC(=O)N[C@@H](CCc1cc(F)cc(F)c1)c1nccn1-c1ccc2c(c1)CCO2. The van der Waals surface area contributed by atoms with Crippen LogP contribution < -0.4 is 14.8 Å². The average Bonchev–Trinajstić information content (AvgIpc) is 3.55. The molecule has 0 fully saturated rings. The summed E-state index contributed by atoms with van der Waals surface area (Å²) >= 11 is 0. The second kappa shape index (κ2) is 10.9. The van der Waals surface area contributed by atoms with E-state index in [1.165, 1.54) is 18.2 Å². The maximum absolute atomic E-state index is 13.8. The molecular formula is C28H26F2N4O4S. The number of rotatable bonds is 8. The van der Waals surface area contributed by atoms with Crippen molar-refractivity contribution in [2.75, 3.05) is 6.61 Å². The summed E-state index contributed by atoms with van der Waals surface area (Å²) in [5, 5.41) is 2.70. The lowest BCUT2D eigenvalue weighted by Crippen LogP contribution is -2.42. The molecule has 0 saturated carbocycles. The van der Waals surface area contributed by atoms with Gasteiger partial charge in [-0.2, -0.15) is 0 Å². The number of aryl methyl sites for hydroxylation is 2. The second-order valence-electron chi connectivity index (χ2n) is 9.26. The zero-order valence-corrected chi connectivity index (χ0v) is 21.8. The van der Waals surface area contributed by atoms with Crippen molar-refractivity contribution in [2.45, 2.75) is 37.1 Å². The summed E-state index contributed by atoms with van der Waals surface area (Å²) in [5.41, 5.74) is 2.69. The summed E-state index contributed by atoms with van der Waals surface area (Å²) < 4.78 is 62.8. The van der Waals surface area contributed by atoms with Crippen LogP contribution in [0.5, 0.6) is 5.75 Å². The van der Waals surface area contributed by atoms with Crippen LogP contribution in [0, 0.1) is 18.6 Å². The zero-order chi connectivity index (χ0) is 27.6. The molecule has 202 valence electrons. The molecule has 0 radical (unpaired) electrons. The number of amides is 2. The Morgan fingerprint density at radius 3 is 2.64 bits per heavy atom. The number of sulfonamides is 1. The van der Waals surface area contributed by atoms with E-state index < -0.39 is 33.7 Å². The predicted molar refractivity (Wildman–Crippen MR) is 140 cm³/mol. The highest BCUT2D eigenvalue weighted by Gasteiger charge is 2.25. The van der Waals surface area contributed by atoms with Gasteiger partial charge in [0.2, 0.25) is 0 Å². The van der Waals surface area contributed by atoms with Crippen molar-refractivity contribution in [3.63, 3.8) is 0 Å². The fourth-order valence-corrected chi connectivity index (χ4v) is 5.83. The Labute approximate surface area is 224 Å². The summed E-state index contributed by atoms with van der Waals surface area (Å²) in [5.74, 6) is -0.185. The third kappa shape index (κ3) is 5.93. The summed E-state index contributed by atoms with van der Waals surface area (Å²) in [4.78, 5) is 17.4. The molecule has 0 unspecified atom stereocenters. The van der Waals surface area contributed by atoms with Crippen LogP contribution in [-0.4, -0.2) is 30.6 Å². The molecule has 0 saturated heterocycles.